The normalized spacial score (nSPS) is 21.4. The maximum Gasteiger partial charge on any atom is 0.236 e. The van der Waals surface area contributed by atoms with Gasteiger partial charge in [-0.2, -0.15) is 0 Å². The van der Waals surface area contributed by atoms with E-state index in [1.54, 1.807) is 7.05 Å². The van der Waals surface area contributed by atoms with Crippen molar-refractivity contribution in [3.05, 3.63) is 0 Å². The number of hydrogen-bond acceptors (Lipinski definition) is 3. The molecule has 1 aliphatic heterocycles. The Labute approximate surface area is 98.8 Å². The van der Waals surface area contributed by atoms with E-state index in [-0.39, 0.29) is 11.9 Å². The van der Waals surface area contributed by atoms with Crippen molar-refractivity contribution in [3.63, 3.8) is 0 Å². The molecule has 94 valence electrons. The Morgan fingerprint density at radius 3 is 2.44 bits per heavy atom. The Balaban J connectivity index is 2.23. The third-order valence-electron chi connectivity index (χ3n) is 3.37. The summed E-state index contributed by atoms with van der Waals surface area (Å²) >= 11 is 0. The molecule has 4 nitrogen and oxygen atoms in total. The Hall–Kier alpha value is -0.610. The quantitative estimate of drug-likeness (QED) is 0.722. The number of rotatable bonds is 5. The van der Waals surface area contributed by atoms with Crippen LogP contribution in [0, 0.1) is 0 Å². The fourth-order valence-corrected chi connectivity index (χ4v) is 2.14. The second-order valence-corrected chi connectivity index (χ2v) is 4.69. The van der Waals surface area contributed by atoms with Crippen LogP contribution in [0.1, 0.15) is 33.1 Å². The summed E-state index contributed by atoms with van der Waals surface area (Å²) in [7, 11) is 1.68. The molecule has 16 heavy (non-hydrogen) atoms. The molecule has 1 rings (SSSR count). The molecule has 1 aliphatic rings. The molecular formula is C12H25N3O. The van der Waals surface area contributed by atoms with Gasteiger partial charge in [-0.15, -0.1) is 0 Å². The average molecular weight is 227 g/mol. The SMILES string of the molecule is CNC(=O)C(C)NCC(C)N1CCCCC1. The van der Waals surface area contributed by atoms with Crippen molar-refractivity contribution in [1.29, 1.82) is 0 Å². The van der Waals surface area contributed by atoms with Gasteiger partial charge in [-0.25, -0.2) is 0 Å². The molecule has 0 spiro atoms. The van der Waals surface area contributed by atoms with Crippen LogP contribution in [-0.4, -0.2) is 49.6 Å². The van der Waals surface area contributed by atoms with E-state index < -0.39 is 0 Å². The Bertz CT molecular complexity index is 214. The largest absolute Gasteiger partial charge is 0.358 e. The summed E-state index contributed by atoms with van der Waals surface area (Å²) in [6, 6.07) is 0.421. The van der Waals surface area contributed by atoms with Crippen molar-refractivity contribution >= 4 is 5.91 Å². The lowest BCUT2D eigenvalue weighted by Gasteiger charge is -2.33. The molecule has 2 unspecified atom stereocenters. The van der Waals surface area contributed by atoms with E-state index in [1.165, 1.54) is 32.4 Å². The molecule has 1 fully saturated rings. The van der Waals surface area contributed by atoms with Gasteiger partial charge in [0, 0.05) is 19.6 Å². The van der Waals surface area contributed by atoms with Crippen molar-refractivity contribution in [2.24, 2.45) is 0 Å². The lowest BCUT2D eigenvalue weighted by atomic mass is 10.1. The smallest absolute Gasteiger partial charge is 0.236 e. The molecule has 2 N–H and O–H groups in total. The van der Waals surface area contributed by atoms with Gasteiger partial charge in [0.25, 0.3) is 0 Å². The van der Waals surface area contributed by atoms with E-state index in [4.69, 9.17) is 0 Å². The highest BCUT2D eigenvalue weighted by atomic mass is 16.2. The van der Waals surface area contributed by atoms with Crippen molar-refractivity contribution in [2.45, 2.75) is 45.2 Å². The highest BCUT2D eigenvalue weighted by Gasteiger charge is 2.18. The first-order valence-electron chi connectivity index (χ1n) is 6.34. The van der Waals surface area contributed by atoms with Crippen LogP contribution < -0.4 is 10.6 Å². The molecule has 4 heteroatoms. The van der Waals surface area contributed by atoms with Gasteiger partial charge < -0.3 is 10.6 Å². The maximum absolute atomic E-state index is 11.3. The summed E-state index contributed by atoms with van der Waals surface area (Å²) in [6.07, 6.45) is 4.00. The Morgan fingerprint density at radius 2 is 1.88 bits per heavy atom. The number of carbonyl (C=O) groups is 1. The third kappa shape index (κ3) is 4.10. The van der Waals surface area contributed by atoms with E-state index >= 15 is 0 Å². The molecule has 0 aliphatic carbocycles. The van der Waals surface area contributed by atoms with E-state index in [0.717, 1.165) is 6.54 Å². The molecule has 0 aromatic rings. The van der Waals surface area contributed by atoms with Gasteiger partial charge in [0.1, 0.15) is 0 Å². The van der Waals surface area contributed by atoms with Gasteiger partial charge in [0.05, 0.1) is 6.04 Å². The van der Waals surface area contributed by atoms with Crippen LogP contribution in [0.25, 0.3) is 0 Å². The van der Waals surface area contributed by atoms with Crippen molar-refractivity contribution in [3.8, 4) is 0 Å². The van der Waals surface area contributed by atoms with Crippen LogP contribution in [0.5, 0.6) is 0 Å². The Morgan fingerprint density at radius 1 is 1.25 bits per heavy atom. The van der Waals surface area contributed by atoms with Crippen LogP contribution in [0.2, 0.25) is 0 Å². The van der Waals surface area contributed by atoms with Gasteiger partial charge in [0.2, 0.25) is 5.91 Å². The summed E-state index contributed by atoms with van der Waals surface area (Å²) in [5, 5.41) is 5.93. The average Bonchev–Trinajstić information content (AvgIpc) is 2.35. The minimum atomic E-state index is -0.0998. The van der Waals surface area contributed by atoms with Gasteiger partial charge in [-0.3, -0.25) is 9.69 Å². The number of amides is 1. The first-order valence-corrected chi connectivity index (χ1v) is 6.34. The molecule has 0 aromatic carbocycles. The van der Waals surface area contributed by atoms with Gasteiger partial charge >= 0.3 is 0 Å². The van der Waals surface area contributed by atoms with Crippen molar-refractivity contribution in [2.75, 3.05) is 26.7 Å². The van der Waals surface area contributed by atoms with Crippen LogP contribution in [0.3, 0.4) is 0 Å². The van der Waals surface area contributed by atoms with Crippen LogP contribution in [-0.2, 0) is 4.79 Å². The van der Waals surface area contributed by atoms with E-state index in [1.807, 2.05) is 6.92 Å². The van der Waals surface area contributed by atoms with E-state index in [2.05, 4.69) is 22.5 Å². The van der Waals surface area contributed by atoms with Gasteiger partial charge in [-0.05, 0) is 39.8 Å². The summed E-state index contributed by atoms with van der Waals surface area (Å²) < 4.78 is 0. The fourth-order valence-electron chi connectivity index (χ4n) is 2.14. The van der Waals surface area contributed by atoms with Crippen molar-refractivity contribution < 1.29 is 4.79 Å². The first-order chi connectivity index (χ1) is 7.65. The molecule has 1 heterocycles. The van der Waals surface area contributed by atoms with Crippen molar-refractivity contribution in [1.82, 2.24) is 15.5 Å². The van der Waals surface area contributed by atoms with Crippen LogP contribution in [0.4, 0.5) is 0 Å². The standard InChI is InChI=1S/C12H25N3O/c1-10(15-7-5-4-6-8-15)9-14-11(2)12(16)13-3/h10-11,14H,4-9H2,1-3H3,(H,13,16). The summed E-state index contributed by atoms with van der Waals surface area (Å²) in [5.41, 5.74) is 0. The predicted octanol–water partition coefficient (Wildman–Crippen LogP) is 0.585. The number of likely N-dealkylation sites (tertiary alicyclic amines) is 1. The summed E-state index contributed by atoms with van der Waals surface area (Å²) in [6.45, 7) is 7.43. The monoisotopic (exact) mass is 227 g/mol. The molecule has 0 saturated carbocycles. The van der Waals surface area contributed by atoms with Gasteiger partial charge in [-0.1, -0.05) is 6.42 Å². The zero-order valence-electron chi connectivity index (χ0n) is 10.8. The number of nitrogens with zero attached hydrogens (tertiary/aromatic N) is 1. The second kappa shape index (κ2) is 6.86. The zero-order chi connectivity index (χ0) is 12.0. The van der Waals surface area contributed by atoms with E-state index in [9.17, 15) is 4.79 Å². The molecule has 1 amide bonds. The number of hydrogen-bond donors (Lipinski definition) is 2. The predicted molar refractivity (Wildman–Crippen MR) is 66.4 cm³/mol. The maximum atomic E-state index is 11.3. The number of carbonyl (C=O) groups excluding carboxylic acids is 1. The lowest BCUT2D eigenvalue weighted by Crippen LogP contribution is -2.48. The zero-order valence-corrected chi connectivity index (χ0v) is 10.8. The topological polar surface area (TPSA) is 44.4 Å². The number of likely N-dealkylation sites (N-methyl/N-ethyl adjacent to an activating group) is 1. The minimum absolute atomic E-state index is 0.0610. The summed E-state index contributed by atoms with van der Waals surface area (Å²) in [5.74, 6) is 0.0610. The molecule has 0 aromatic heterocycles. The fraction of sp³-hybridized carbons (Fsp3) is 0.917. The molecule has 0 bridgehead atoms. The molecule has 1 saturated heterocycles. The van der Waals surface area contributed by atoms with Gasteiger partial charge in [0.15, 0.2) is 0 Å². The first kappa shape index (κ1) is 13.5. The highest BCUT2D eigenvalue weighted by molar-refractivity contribution is 5.80. The van der Waals surface area contributed by atoms with E-state index in [0.29, 0.717) is 6.04 Å². The third-order valence-corrected chi connectivity index (χ3v) is 3.37. The van der Waals surface area contributed by atoms with Crippen LogP contribution in [0.15, 0.2) is 0 Å². The van der Waals surface area contributed by atoms with Crippen LogP contribution >= 0.6 is 0 Å². The summed E-state index contributed by atoms with van der Waals surface area (Å²) in [4.78, 5) is 13.8. The minimum Gasteiger partial charge on any atom is -0.358 e. The molecule has 2 atom stereocenters. The second-order valence-electron chi connectivity index (χ2n) is 4.69. The molecular weight excluding hydrogens is 202 g/mol. The lowest BCUT2D eigenvalue weighted by molar-refractivity contribution is -0.122. The highest BCUT2D eigenvalue weighted by Crippen LogP contribution is 2.11. The number of nitrogens with one attached hydrogen (secondary N) is 2. The number of piperidine rings is 1. The molecule has 0 radical (unpaired) electrons. The Kier molecular flexibility index (Phi) is 5.77.